The van der Waals surface area contributed by atoms with Crippen LogP contribution in [0, 0.1) is 6.92 Å². The number of nitrogens with one attached hydrogen (secondary N) is 2. The van der Waals surface area contributed by atoms with Gasteiger partial charge in [0.2, 0.25) is 0 Å². The molecular weight excluding hydrogens is 340 g/mol. The molecule has 122 valence electrons. The number of nitrogens with zero attached hydrogens (tertiary/aromatic N) is 1. The van der Waals surface area contributed by atoms with Gasteiger partial charge in [0.15, 0.2) is 5.11 Å². The van der Waals surface area contributed by atoms with Gasteiger partial charge in [-0.15, -0.1) is 0 Å². The van der Waals surface area contributed by atoms with E-state index >= 15 is 0 Å². The first-order chi connectivity index (χ1) is 10.9. The second-order valence-corrected chi connectivity index (χ2v) is 6.05. The van der Waals surface area contributed by atoms with E-state index in [2.05, 4.69) is 15.8 Å². The molecule has 4 nitrogen and oxygen atoms in total. The first kappa shape index (κ1) is 17.4. The Kier molecular flexibility index (Phi) is 6.12. The summed E-state index contributed by atoms with van der Waals surface area (Å²) in [6.45, 7) is 3.65. The quantitative estimate of drug-likeness (QED) is 0.355. The predicted molar refractivity (Wildman–Crippen MR) is 93.3 cm³/mol. The fraction of sp³-hybridized carbons (Fsp3) is 0.200. The molecule has 23 heavy (non-hydrogen) atoms. The molecule has 0 fully saturated rings. The van der Waals surface area contributed by atoms with Crippen LogP contribution in [0.5, 0.6) is 0 Å². The molecule has 0 unspecified atom stereocenters. The van der Waals surface area contributed by atoms with Gasteiger partial charge < -0.3 is 9.73 Å². The van der Waals surface area contributed by atoms with Crippen molar-refractivity contribution in [3.05, 3.63) is 47.9 Å². The molecule has 8 heteroatoms. The van der Waals surface area contributed by atoms with Gasteiger partial charge in [0.05, 0.1) is 0 Å². The van der Waals surface area contributed by atoms with Crippen molar-refractivity contribution in [2.75, 3.05) is 5.32 Å². The summed E-state index contributed by atoms with van der Waals surface area (Å²) in [4.78, 5) is 0.492. The van der Waals surface area contributed by atoms with E-state index in [1.54, 1.807) is 31.2 Å². The van der Waals surface area contributed by atoms with Crippen molar-refractivity contribution in [1.29, 1.82) is 0 Å². The molecule has 0 spiro atoms. The standard InChI is InChI=1S/C15H15F2N3OS2/c1-9-3-8-13(21-9)10(2)19-20-15(22)18-11-4-6-12(7-5-11)23-14(16)17/h3-8,14H,1-2H3,(H2,18,20,22)/b19-10+. The number of anilines is 1. The second kappa shape index (κ2) is 8.07. The minimum Gasteiger partial charge on any atom is -0.460 e. The first-order valence-corrected chi connectivity index (χ1v) is 7.96. The molecular formula is C15H15F2N3OS2. The van der Waals surface area contributed by atoms with Crippen molar-refractivity contribution in [2.24, 2.45) is 5.10 Å². The maximum absolute atomic E-state index is 12.2. The Labute approximate surface area is 142 Å². The molecule has 0 atom stereocenters. The molecule has 0 saturated carbocycles. The highest BCUT2D eigenvalue weighted by molar-refractivity contribution is 7.99. The average Bonchev–Trinajstić information content (AvgIpc) is 2.93. The lowest BCUT2D eigenvalue weighted by molar-refractivity contribution is 0.252. The number of hydrogen-bond donors (Lipinski definition) is 2. The topological polar surface area (TPSA) is 49.6 Å². The number of benzene rings is 1. The lowest BCUT2D eigenvalue weighted by Crippen LogP contribution is -2.24. The van der Waals surface area contributed by atoms with Gasteiger partial charge in [-0.25, -0.2) is 0 Å². The average molecular weight is 355 g/mol. The van der Waals surface area contributed by atoms with Crippen LogP contribution in [0.4, 0.5) is 14.5 Å². The van der Waals surface area contributed by atoms with Gasteiger partial charge in [-0.3, -0.25) is 5.43 Å². The third kappa shape index (κ3) is 5.65. The number of rotatable bonds is 5. The summed E-state index contributed by atoms with van der Waals surface area (Å²) in [6.07, 6.45) is 0. The molecule has 2 N–H and O–H groups in total. The number of thioether (sulfide) groups is 1. The van der Waals surface area contributed by atoms with Crippen LogP contribution in [-0.4, -0.2) is 16.6 Å². The maximum Gasteiger partial charge on any atom is 0.288 e. The molecule has 0 aliphatic carbocycles. The fourth-order valence-corrected chi connectivity index (χ4v) is 2.36. The highest BCUT2D eigenvalue weighted by atomic mass is 32.2. The second-order valence-electron chi connectivity index (χ2n) is 4.58. The van der Waals surface area contributed by atoms with Gasteiger partial charge in [-0.05, 0) is 62.5 Å². The minimum atomic E-state index is -2.43. The van der Waals surface area contributed by atoms with E-state index in [0.29, 0.717) is 38.9 Å². The summed E-state index contributed by atoms with van der Waals surface area (Å²) in [5.41, 5.74) is 4.05. The Hall–Kier alpha value is -1.93. The van der Waals surface area contributed by atoms with E-state index in [0.717, 1.165) is 5.76 Å². The number of hydrogen-bond acceptors (Lipinski definition) is 4. The predicted octanol–water partition coefficient (Wildman–Crippen LogP) is 4.61. The van der Waals surface area contributed by atoms with Crippen LogP contribution in [-0.2, 0) is 0 Å². The maximum atomic E-state index is 12.2. The molecule has 0 radical (unpaired) electrons. The molecule has 0 amide bonds. The van der Waals surface area contributed by atoms with Crippen LogP contribution >= 0.6 is 24.0 Å². The van der Waals surface area contributed by atoms with E-state index in [4.69, 9.17) is 16.6 Å². The van der Waals surface area contributed by atoms with Crippen LogP contribution in [0.2, 0.25) is 0 Å². The summed E-state index contributed by atoms with van der Waals surface area (Å²) in [5.74, 6) is -0.970. The van der Waals surface area contributed by atoms with E-state index in [9.17, 15) is 8.78 Å². The van der Waals surface area contributed by atoms with E-state index < -0.39 is 5.76 Å². The Bertz CT molecular complexity index is 699. The third-order valence-corrected chi connectivity index (χ3v) is 3.68. The third-order valence-electron chi connectivity index (χ3n) is 2.76. The molecule has 2 aromatic rings. The zero-order valence-electron chi connectivity index (χ0n) is 12.5. The largest absolute Gasteiger partial charge is 0.460 e. The van der Waals surface area contributed by atoms with Gasteiger partial charge in [0, 0.05) is 10.6 Å². The Morgan fingerprint density at radius 1 is 1.22 bits per heavy atom. The van der Waals surface area contributed by atoms with Crippen molar-refractivity contribution in [1.82, 2.24) is 5.43 Å². The summed E-state index contributed by atoms with van der Waals surface area (Å²) in [6, 6.07) is 10.2. The van der Waals surface area contributed by atoms with Gasteiger partial charge in [0.25, 0.3) is 5.76 Å². The fourth-order valence-electron chi connectivity index (χ4n) is 1.70. The molecule has 0 saturated heterocycles. The number of furan rings is 1. The molecule has 1 aromatic heterocycles. The Morgan fingerprint density at radius 3 is 2.48 bits per heavy atom. The number of hydrazone groups is 1. The van der Waals surface area contributed by atoms with Crippen molar-refractivity contribution >= 4 is 40.5 Å². The van der Waals surface area contributed by atoms with Crippen molar-refractivity contribution in [3.8, 4) is 0 Å². The lowest BCUT2D eigenvalue weighted by Gasteiger charge is -2.08. The highest BCUT2D eigenvalue weighted by Gasteiger charge is 2.06. The summed E-state index contributed by atoms with van der Waals surface area (Å²) in [7, 11) is 0. The smallest absolute Gasteiger partial charge is 0.288 e. The normalized spacial score (nSPS) is 11.6. The number of alkyl halides is 2. The molecule has 1 heterocycles. The van der Waals surface area contributed by atoms with Gasteiger partial charge in [0.1, 0.15) is 17.2 Å². The molecule has 2 rings (SSSR count). The van der Waals surface area contributed by atoms with Crippen LogP contribution < -0.4 is 10.7 Å². The van der Waals surface area contributed by atoms with Crippen molar-refractivity contribution in [2.45, 2.75) is 24.5 Å². The van der Waals surface area contributed by atoms with Crippen LogP contribution in [0.1, 0.15) is 18.4 Å². The minimum absolute atomic E-state index is 0.293. The zero-order chi connectivity index (χ0) is 16.8. The summed E-state index contributed by atoms with van der Waals surface area (Å²) < 4.78 is 29.9. The number of thiocarbonyl (C=S) groups is 1. The lowest BCUT2D eigenvalue weighted by atomic mass is 10.3. The molecule has 0 aliphatic rings. The zero-order valence-corrected chi connectivity index (χ0v) is 14.1. The van der Waals surface area contributed by atoms with Gasteiger partial charge in [-0.1, -0.05) is 11.8 Å². The molecule has 0 aliphatic heterocycles. The molecule has 0 bridgehead atoms. The van der Waals surface area contributed by atoms with Crippen molar-refractivity contribution < 1.29 is 13.2 Å². The first-order valence-electron chi connectivity index (χ1n) is 6.67. The van der Waals surface area contributed by atoms with Crippen LogP contribution in [0.3, 0.4) is 0 Å². The number of aryl methyl sites for hydroxylation is 1. The van der Waals surface area contributed by atoms with E-state index in [1.807, 2.05) is 19.1 Å². The molecule has 1 aromatic carbocycles. The highest BCUT2D eigenvalue weighted by Crippen LogP contribution is 2.26. The Balaban J connectivity index is 1.89. The number of halogens is 2. The van der Waals surface area contributed by atoms with Crippen LogP contribution in [0.25, 0.3) is 0 Å². The van der Waals surface area contributed by atoms with E-state index in [1.165, 1.54) is 0 Å². The van der Waals surface area contributed by atoms with Gasteiger partial charge >= 0.3 is 0 Å². The van der Waals surface area contributed by atoms with E-state index in [-0.39, 0.29) is 0 Å². The Morgan fingerprint density at radius 2 is 1.91 bits per heavy atom. The van der Waals surface area contributed by atoms with Crippen LogP contribution in [0.15, 0.2) is 50.8 Å². The summed E-state index contributed by atoms with van der Waals surface area (Å²) in [5, 5.41) is 7.34. The van der Waals surface area contributed by atoms with Gasteiger partial charge in [-0.2, -0.15) is 13.9 Å². The summed E-state index contributed by atoms with van der Waals surface area (Å²) >= 11 is 5.63. The monoisotopic (exact) mass is 355 g/mol. The SMILES string of the molecule is C/C(=N\NC(=S)Nc1ccc(SC(F)F)cc1)c1ccc(C)o1. The van der Waals surface area contributed by atoms with Crippen molar-refractivity contribution in [3.63, 3.8) is 0 Å².